The van der Waals surface area contributed by atoms with Crippen LogP contribution < -0.4 is 27.4 Å². The van der Waals surface area contributed by atoms with E-state index in [1.807, 2.05) is 60.8 Å². The Morgan fingerprint density at radius 3 is 2.19 bits per heavy atom. The maximum absolute atomic E-state index is 14.1. The minimum Gasteiger partial charge on any atom is -0.508 e. The van der Waals surface area contributed by atoms with Gasteiger partial charge in [-0.25, -0.2) is 4.79 Å². The third-order valence-electron chi connectivity index (χ3n) is 9.17. The highest BCUT2D eigenvalue weighted by atomic mass is 16.5. The number of ether oxygens (including phenoxy) is 1. The highest BCUT2D eigenvalue weighted by Gasteiger charge is 2.32. The van der Waals surface area contributed by atoms with E-state index in [9.17, 15) is 24.3 Å². The van der Waals surface area contributed by atoms with Crippen LogP contribution in [0.3, 0.4) is 0 Å². The van der Waals surface area contributed by atoms with Gasteiger partial charge >= 0.3 is 5.97 Å². The Labute approximate surface area is 302 Å². The van der Waals surface area contributed by atoms with Crippen LogP contribution in [0.25, 0.3) is 10.9 Å². The topological polar surface area (TPSA) is 214 Å². The SMILES string of the molecule is NC(N)=NCCC[C@@H]1NC(=O)[C@@H](Cc2ccccc2)NC(=O)[C@H](Cc2ccc(O)cc2)CCCCOC(=O)[C@H](Cc2c[nH]c3ccccc23)NC1=O. The Morgan fingerprint density at radius 2 is 1.42 bits per heavy atom. The van der Waals surface area contributed by atoms with E-state index in [0.29, 0.717) is 32.1 Å². The molecule has 0 radical (unpaired) electrons. The van der Waals surface area contributed by atoms with Crippen molar-refractivity contribution >= 4 is 40.6 Å². The number of carbonyl (C=O) groups excluding carboxylic acids is 4. The van der Waals surface area contributed by atoms with E-state index in [1.54, 1.807) is 24.3 Å². The van der Waals surface area contributed by atoms with Crippen LogP contribution in [-0.4, -0.2) is 71.0 Å². The number of aromatic nitrogens is 1. The maximum Gasteiger partial charge on any atom is 0.328 e. The lowest BCUT2D eigenvalue weighted by atomic mass is 9.92. The molecule has 1 fully saturated rings. The molecular weight excluding hydrogens is 662 g/mol. The van der Waals surface area contributed by atoms with Gasteiger partial charge in [0.2, 0.25) is 17.7 Å². The Morgan fingerprint density at radius 1 is 0.750 bits per heavy atom. The predicted octanol–water partition coefficient (Wildman–Crippen LogP) is 2.75. The van der Waals surface area contributed by atoms with Crippen molar-refractivity contribution < 1.29 is 29.0 Å². The Bertz CT molecular complexity index is 1840. The molecule has 13 nitrogen and oxygen atoms in total. The summed E-state index contributed by atoms with van der Waals surface area (Å²) in [4.78, 5) is 62.9. The van der Waals surface area contributed by atoms with Gasteiger partial charge in [-0.1, -0.05) is 60.7 Å². The van der Waals surface area contributed by atoms with Crippen molar-refractivity contribution in [3.63, 3.8) is 0 Å². The Balaban J connectivity index is 1.45. The average molecular weight is 710 g/mol. The molecule has 0 aliphatic carbocycles. The number of hydrogen-bond donors (Lipinski definition) is 7. The Hall–Kier alpha value is -5.85. The number of guanidine groups is 1. The lowest BCUT2D eigenvalue weighted by Crippen LogP contribution is -2.57. The molecule has 1 aromatic heterocycles. The number of nitrogens with one attached hydrogen (secondary N) is 4. The van der Waals surface area contributed by atoms with Crippen molar-refractivity contribution in [1.29, 1.82) is 0 Å². The summed E-state index contributed by atoms with van der Waals surface area (Å²) in [5, 5.41) is 19.4. The fourth-order valence-electron chi connectivity index (χ4n) is 6.39. The molecule has 0 unspecified atom stereocenters. The van der Waals surface area contributed by atoms with E-state index in [1.165, 1.54) is 0 Å². The largest absolute Gasteiger partial charge is 0.508 e. The van der Waals surface area contributed by atoms with Gasteiger partial charge in [0.25, 0.3) is 0 Å². The summed E-state index contributed by atoms with van der Waals surface area (Å²) in [5.74, 6) is -2.55. The van der Waals surface area contributed by atoms with Gasteiger partial charge in [0, 0.05) is 42.4 Å². The summed E-state index contributed by atoms with van der Waals surface area (Å²) in [5.41, 5.74) is 14.4. The first-order valence-corrected chi connectivity index (χ1v) is 17.7. The second-order valence-corrected chi connectivity index (χ2v) is 13.1. The molecular formula is C39H47N7O6. The number of esters is 1. The van der Waals surface area contributed by atoms with Crippen LogP contribution in [0, 0.1) is 5.92 Å². The molecule has 5 rings (SSSR count). The zero-order chi connectivity index (χ0) is 36.9. The number of aromatic amines is 1. The quantitative estimate of drug-likeness (QED) is 0.0561. The van der Waals surface area contributed by atoms with E-state index in [0.717, 1.165) is 27.6 Å². The van der Waals surface area contributed by atoms with Crippen LogP contribution in [0.15, 0.2) is 90.1 Å². The van der Waals surface area contributed by atoms with Gasteiger partial charge in [-0.15, -0.1) is 0 Å². The van der Waals surface area contributed by atoms with Gasteiger partial charge in [-0.05, 0) is 73.4 Å². The molecule has 4 aromatic rings. The highest BCUT2D eigenvalue weighted by molar-refractivity contribution is 5.94. The van der Waals surface area contributed by atoms with Gasteiger partial charge < -0.3 is 42.2 Å². The number of phenolic OH excluding ortho intramolecular Hbond substituents is 1. The summed E-state index contributed by atoms with van der Waals surface area (Å²) in [6, 6.07) is 20.5. The van der Waals surface area contributed by atoms with Crippen LogP contribution >= 0.6 is 0 Å². The number of nitrogens with zero attached hydrogens (tertiary/aromatic N) is 1. The number of hydrogen-bond acceptors (Lipinski definition) is 7. The van der Waals surface area contributed by atoms with Crippen LogP contribution in [0.1, 0.15) is 48.8 Å². The molecule has 1 aliphatic heterocycles. The molecule has 4 atom stereocenters. The van der Waals surface area contributed by atoms with E-state index in [4.69, 9.17) is 16.2 Å². The molecule has 1 aliphatic rings. The second kappa shape index (κ2) is 18.4. The standard InChI is InChI=1S/C39H47N7O6/c40-39(41)42-19-8-14-32-36(49)46-34(23-28-24-43-31-13-5-4-12-30(28)31)38(51)52-20-7-6-11-27(21-26-15-17-29(47)18-16-26)35(48)45-33(37(50)44-32)22-25-9-2-1-3-10-25/h1-5,9-10,12-13,15-18,24,27,32-34,43,47H,6-8,11,14,19-23H2,(H,44,50)(H,45,48)(H,46,49)(H4,40,41,42)/t27-,32-,33+,34-/m0/s1. The fraction of sp³-hybridized carbons (Fsp3) is 0.359. The summed E-state index contributed by atoms with van der Waals surface area (Å²) in [6.45, 7) is 0.313. The van der Waals surface area contributed by atoms with Crippen LogP contribution in [0.4, 0.5) is 0 Å². The Kier molecular flexibility index (Phi) is 13.2. The van der Waals surface area contributed by atoms with Gasteiger partial charge in [-0.2, -0.15) is 0 Å². The van der Waals surface area contributed by atoms with Crippen LogP contribution in [0.5, 0.6) is 5.75 Å². The van der Waals surface area contributed by atoms with Gasteiger partial charge in [0.15, 0.2) is 5.96 Å². The number of H-pyrrole nitrogens is 1. The molecule has 0 bridgehead atoms. The lowest BCUT2D eigenvalue weighted by molar-refractivity contribution is -0.148. The van der Waals surface area contributed by atoms with Crippen LogP contribution in [0.2, 0.25) is 0 Å². The number of cyclic esters (lactones) is 1. The van der Waals surface area contributed by atoms with Crippen molar-refractivity contribution in [3.05, 3.63) is 102 Å². The minimum absolute atomic E-state index is 0.0967. The van der Waals surface area contributed by atoms with E-state index >= 15 is 0 Å². The van der Waals surface area contributed by atoms with Gasteiger partial charge in [0.1, 0.15) is 23.9 Å². The van der Waals surface area contributed by atoms with E-state index in [-0.39, 0.29) is 50.0 Å². The van der Waals surface area contributed by atoms with Crippen molar-refractivity contribution in [1.82, 2.24) is 20.9 Å². The first kappa shape index (κ1) is 37.4. The molecule has 2 heterocycles. The lowest BCUT2D eigenvalue weighted by Gasteiger charge is -2.27. The number of para-hydroxylation sites is 1. The van der Waals surface area contributed by atoms with Gasteiger partial charge in [-0.3, -0.25) is 19.4 Å². The number of nitrogens with two attached hydrogens (primary N) is 2. The molecule has 274 valence electrons. The average Bonchev–Trinajstić information content (AvgIpc) is 3.54. The number of benzene rings is 3. The van der Waals surface area contributed by atoms with Crippen molar-refractivity contribution in [2.24, 2.45) is 22.4 Å². The smallest absolute Gasteiger partial charge is 0.328 e. The zero-order valence-electron chi connectivity index (χ0n) is 29.1. The first-order valence-electron chi connectivity index (χ1n) is 17.7. The first-order chi connectivity index (χ1) is 25.2. The van der Waals surface area contributed by atoms with Gasteiger partial charge in [0.05, 0.1) is 6.61 Å². The zero-order valence-corrected chi connectivity index (χ0v) is 29.1. The molecule has 0 spiro atoms. The number of aliphatic imine (C=N–C) groups is 1. The molecule has 3 amide bonds. The number of amides is 3. The third kappa shape index (κ3) is 10.8. The molecule has 9 N–H and O–H groups in total. The van der Waals surface area contributed by atoms with Crippen LogP contribution in [-0.2, 0) is 43.2 Å². The number of carbonyl (C=O) groups is 4. The number of phenols is 1. The molecule has 52 heavy (non-hydrogen) atoms. The number of aromatic hydroxyl groups is 1. The van der Waals surface area contributed by atoms with E-state index < -0.39 is 41.8 Å². The van der Waals surface area contributed by atoms with Crippen molar-refractivity contribution in [3.8, 4) is 5.75 Å². The number of fused-ring (bicyclic) bond motifs is 1. The summed E-state index contributed by atoms with van der Waals surface area (Å²) < 4.78 is 5.70. The molecule has 13 heteroatoms. The molecule has 1 saturated heterocycles. The summed E-state index contributed by atoms with van der Waals surface area (Å²) >= 11 is 0. The molecule has 0 saturated carbocycles. The van der Waals surface area contributed by atoms with Crippen molar-refractivity contribution in [2.45, 2.75) is 69.5 Å². The monoisotopic (exact) mass is 709 g/mol. The van der Waals surface area contributed by atoms with E-state index in [2.05, 4.69) is 25.9 Å². The molecule has 3 aromatic carbocycles. The normalized spacial score (nSPS) is 20.7. The predicted molar refractivity (Wildman–Crippen MR) is 198 cm³/mol. The summed E-state index contributed by atoms with van der Waals surface area (Å²) in [6.07, 6.45) is 4.53. The summed E-state index contributed by atoms with van der Waals surface area (Å²) in [7, 11) is 0. The van der Waals surface area contributed by atoms with Crippen molar-refractivity contribution in [2.75, 3.05) is 13.2 Å². The fourth-order valence-corrected chi connectivity index (χ4v) is 6.39. The number of rotatable bonds is 10. The minimum atomic E-state index is -1.09. The second-order valence-electron chi connectivity index (χ2n) is 13.1. The maximum atomic E-state index is 14.1. The third-order valence-corrected chi connectivity index (χ3v) is 9.17. The highest BCUT2D eigenvalue weighted by Crippen LogP contribution is 2.21.